The minimum absolute atomic E-state index is 0.0322. The number of amides is 2. The Labute approximate surface area is 164 Å². The quantitative estimate of drug-likeness (QED) is 0.674. The summed E-state index contributed by atoms with van der Waals surface area (Å²) in [5.74, 6) is 1.70. The van der Waals surface area contributed by atoms with Crippen molar-refractivity contribution < 1.29 is 19.1 Å². The van der Waals surface area contributed by atoms with Crippen LogP contribution in [0.5, 0.6) is 5.75 Å². The Morgan fingerprint density at radius 2 is 1.63 bits per heavy atom. The summed E-state index contributed by atoms with van der Waals surface area (Å²) in [5.41, 5.74) is 0. The zero-order chi connectivity index (χ0) is 19.4. The first-order valence-corrected chi connectivity index (χ1v) is 9.85. The van der Waals surface area contributed by atoms with Crippen LogP contribution in [-0.4, -0.2) is 43.7 Å². The highest BCUT2D eigenvalue weighted by molar-refractivity contribution is 6.30. The Bertz CT molecular complexity index is 664. The van der Waals surface area contributed by atoms with E-state index in [9.17, 15) is 9.59 Å². The fourth-order valence-electron chi connectivity index (χ4n) is 3.68. The van der Waals surface area contributed by atoms with Crippen molar-refractivity contribution in [1.82, 2.24) is 10.6 Å². The third kappa shape index (κ3) is 5.84. The first-order chi connectivity index (χ1) is 12.9. The molecule has 0 aromatic heterocycles. The molecule has 1 aromatic rings. The fourth-order valence-corrected chi connectivity index (χ4v) is 3.81. The topological polar surface area (TPSA) is 76.7 Å². The average Bonchev–Trinajstić information content (AvgIpc) is 3.34. The van der Waals surface area contributed by atoms with Crippen LogP contribution in [0.3, 0.4) is 0 Å². The fraction of sp³-hybridized carbons (Fsp3) is 0.600. The highest BCUT2D eigenvalue weighted by Gasteiger charge is 2.55. The van der Waals surface area contributed by atoms with Crippen molar-refractivity contribution in [2.45, 2.75) is 38.8 Å². The highest BCUT2D eigenvalue weighted by atomic mass is 35.5. The van der Waals surface area contributed by atoms with Crippen LogP contribution in [0.15, 0.2) is 24.3 Å². The van der Waals surface area contributed by atoms with Crippen molar-refractivity contribution in [3.8, 4) is 5.75 Å². The molecule has 0 aliphatic heterocycles. The van der Waals surface area contributed by atoms with Crippen LogP contribution in [0.4, 0.5) is 0 Å². The molecule has 0 spiro atoms. The molecule has 4 atom stereocenters. The number of hydrogen-bond acceptors (Lipinski definition) is 4. The van der Waals surface area contributed by atoms with Gasteiger partial charge in [0.1, 0.15) is 12.4 Å². The minimum Gasteiger partial charge on any atom is -0.484 e. The largest absolute Gasteiger partial charge is 0.484 e. The molecule has 7 heteroatoms. The molecule has 148 valence electrons. The summed E-state index contributed by atoms with van der Waals surface area (Å²) in [5, 5.41) is 6.72. The maximum absolute atomic E-state index is 12.2. The van der Waals surface area contributed by atoms with Crippen LogP contribution in [0, 0.1) is 17.8 Å². The Kier molecular flexibility index (Phi) is 6.60. The Morgan fingerprint density at radius 3 is 2.22 bits per heavy atom. The number of carbonyl (C=O) groups excluding carboxylic acids is 2. The number of halogens is 1. The van der Waals surface area contributed by atoms with Gasteiger partial charge in [0.25, 0.3) is 5.91 Å². The van der Waals surface area contributed by atoms with E-state index in [4.69, 9.17) is 21.1 Å². The van der Waals surface area contributed by atoms with E-state index in [0.29, 0.717) is 35.1 Å². The number of nitrogens with one attached hydrogen (secondary N) is 2. The lowest BCUT2D eigenvalue weighted by atomic mass is 10.1. The predicted molar refractivity (Wildman–Crippen MR) is 103 cm³/mol. The van der Waals surface area contributed by atoms with Crippen LogP contribution in [0.2, 0.25) is 5.02 Å². The van der Waals surface area contributed by atoms with E-state index in [1.165, 1.54) is 0 Å². The predicted octanol–water partition coefficient (Wildman–Crippen LogP) is 2.40. The lowest BCUT2D eigenvalue weighted by Crippen LogP contribution is -2.42. The highest BCUT2D eigenvalue weighted by Crippen LogP contribution is 2.51. The van der Waals surface area contributed by atoms with Gasteiger partial charge in [0.15, 0.2) is 6.61 Å². The van der Waals surface area contributed by atoms with Crippen LogP contribution < -0.4 is 15.4 Å². The molecule has 3 rings (SSSR count). The molecule has 2 fully saturated rings. The third-order valence-electron chi connectivity index (χ3n) is 4.99. The molecular weight excluding hydrogens is 368 g/mol. The molecule has 2 saturated carbocycles. The van der Waals surface area contributed by atoms with Gasteiger partial charge >= 0.3 is 0 Å². The average molecular weight is 395 g/mol. The molecule has 1 aromatic carbocycles. The maximum Gasteiger partial charge on any atom is 0.258 e. The molecule has 6 nitrogen and oxygen atoms in total. The van der Waals surface area contributed by atoms with Gasteiger partial charge < -0.3 is 20.1 Å². The van der Waals surface area contributed by atoms with Crippen molar-refractivity contribution in [2.75, 3.05) is 19.8 Å². The van der Waals surface area contributed by atoms with Gasteiger partial charge in [-0.1, -0.05) is 25.4 Å². The number of carbonyl (C=O) groups is 2. The van der Waals surface area contributed by atoms with E-state index >= 15 is 0 Å². The summed E-state index contributed by atoms with van der Waals surface area (Å²) in [6.45, 7) is 4.74. The van der Waals surface area contributed by atoms with Crippen molar-refractivity contribution >= 4 is 23.4 Å². The first-order valence-electron chi connectivity index (χ1n) is 9.47. The minimum atomic E-state index is -0.146. The smallest absolute Gasteiger partial charge is 0.258 e. The Morgan fingerprint density at radius 1 is 1.04 bits per heavy atom. The zero-order valence-electron chi connectivity index (χ0n) is 15.7. The van der Waals surface area contributed by atoms with Crippen molar-refractivity contribution in [2.24, 2.45) is 17.8 Å². The van der Waals surface area contributed by atoms with E-state index in [-0.39, 0.29) is 37.1 Å². The number of fused-ring (bicyclic) bond motifs is 1. The monoisotopic (exact) mass is 394 g/mol. The van der Waals surface area contributed by atoms with Crippen LogP contribution >= 0.6 is 11.6 Å². The zero-order valence-corrected chi connectivity index (χ0v) is 16.5. The molecule has 0 radical (unpaired) electrons. The summed E-state index contributed by atoms with van der Waals surface area (Å²) < 4.78 is 10.9. The first kappa shape index (κ1) is 20.0. The lowest BCUT2D eigenvalue weighted by molar-refractivity contribution is -0.126. The Hall–Kier alpha value is -1.79. The second-order valence-corrected chi connectivity index (χ2v) is 8.24. The molecule has 2 aliphatic carbocycles. The normalized spacial score (nSPS) is 25.8. The molecule has 2 N–H and O–H groups in total. The number of hydrogen-bond donors (Lipinski definition) is 2. The summed E-state index contributed by atoms with van der Waals surface area (Å²) in [6.07, 6.45) is 1.80. The van der Waals surface area contributed by atoms with Gasteiger partial charge in [0, 0.05) is 23.7 Å². The van der Waals surface area contributed by atoms with Gasteiger partial charge in [-0.2, -0.15) is 0 Å². The third-order valence-corrected chi connectivity index (χ3v) is 5.25. The number of benzene rings is 1. The van der Waals surface area contributed by atoms with Crippen LogP contribution in [0.25, 0.3) is 0 Å². The molecule has 0 saturated heterocycles. The molecule has 27 heavy (non-hydrogen) atoms. The molecule has 4 unspecified atom stereocenters. The van der Waals surface area contributed by atoms with Gasteiger partial charge in [0.05, 0.1) is 0 Å². The van der Waals surface area contributed by atoms with Gasteiger partial charge in [0.2, 0.25) is 5.91 Å². The van der Waals surface area contributed by atoms with Gasteiger partial charge in [-0.3, -0.25) is 9.59 Å². The molecule has 0 heterocycles. The summed E-state index contributed by atoms with van der Waals surface area (Å²) in [6, 6.07) is 7.12. The summed E-state index contributed by atoms with van der Waals surface area (Å²) in [7, 11) is 0. The van der Waals surface area contributed by atoms with Crippen molar-refractivity contribution in [1.29, 1.82) is 0 Å². The standard InChI is InChI=1S/C20H27ClN2O4/c1-12(2)9-26-10-19(24)22-17-8-18(16-7-15(16)17)23-20(25)11-27-14-5-3-13(21)4-6-14/h3-6,12,15-18H,7-11H2,1-2H3,(H,22,24)(H,23,25). The maximum atomic E-state index is 12.2. The second kappa shape index (κ2) is 8.93. The van der Waals surface area contributed by atoms with Gasteiger partial charge in [-0.25, -0.2) is 0 Å². The van der Waals surface area contributed by atoms with Crippen LogP contribution in [-0.2, 0) is 14.3 Å². The lowest BCUT2D eigenvalue weighted by Gasteiger charge is -2.19. The molecule has 2 aliphatic rings. The van der Waals surface area contributed by atoms with E-state index in [2.05, 4.69) is 10.6 Å². The number of ether oxygens (including phenoxy) is 2. The number of rotatable bonds is 9. The van der Waals surface area contributed by atoms with Crippen molar-refractivity contribution in [3.05, 3.63) is 29.3 Å². The molecule has 2 amide bonds. The summed E-state index contributed by atoms with van der Waals surface area (Å²) in [4.78, 5) is 24.2. The van der Waals surface area contributed by atoms with E-state index in [1.54, 1.807) is 24.3 Å². The second-order valence-electron chi connectivity index (χ2n) is 7.80. The van der Waals surface area contributed by atoms with E-state index < -0.39 is 0 Å². The molecule has 0 bridgehead atoms. The molecular formula is C20H27ClN2O4. The SMILES string of the molecule is CC(C)COCC(=O)NC1CC(NC(=O)COc2ccc(Cl)cc2)C2CC12. The Balaban J connectivity index is 1.37. The van der Waals surface area contributed by atoms with Crippen molar-refractivity contribution in [3.63, 3.8) is 0 Å². The van der Waals surface area contributed by atoms with Crippen LogP contribution in [0.1, 0.15) is 26.7 Å². The van der Waals surface area contributed by atoms with Gasteiger partial charge in [-0.05, 0) is 54.9 Å². The van der Waals surface area contributed by atoms with E-state index in [1.807, 2.05) is 13.8 Å². The summed E-state index contributed by atoms with van der Waals surface area (Å²) >= 11 is 5.83. The van der Waals surface area contributed by atoms with E-state index in [0.717, 1.165) is 12.8 Å². The van der Waals surface area contributed by atoms with Gasteiger partial charge in [-0.15, -0.1) is 0 Å².